The van der Waals surface area contributed by atoms with Gasteiger partial charge in [0.05, 0.1) is 8.39 Å². The van der Waals surface area contributed by atoms with Gasteiger partial charge in [0.15, 0.2) is 0 Å². The Hall–Kier alpha value is 0.880. The Labute approximate surface area is 130 Å². The third-order valence-corrected chi connectivity index (χ3v) is 8.29. The zero-order chi connectivity index (χ0) is 12.8. The highest BCUT2D eigenvalue weighted by Gasteiger charge is 2.22. The molecule has 2 aliphatic carbocycles. The Bertz CT molecular complexity index is 258. The summed E-state index contributed by atoms with van der Waals surface area (Å²) in [6, 6.07) is 0. The van der Waals surface area contributed by atoms with Crippen LogP contribution in [0.1, 0.15) is 64.2 Å². The van der Waals surface area contributed by atoms with Crippen LogP contribution in [0.4, 0.5) is 0 Å². The highest BCUT2D eigenvalue weighted by Crippen LogP contribution is 2.38. The quantitative estimate of drug-likeness (QED) is 0.440. The molecule has 0 saturated heterocycles. The zero-order valence-corrected chi connectivity index (χ0v) is 14.1. The average Bonchev–Trinajstić information content (AvgIpc) is 2.46. The van der Waals surface area contributed by atoms with Crippen molar-refractivity contribution in [2.45, 2.75) is 64.2 Å². The molecule has 2 saturated carbocycles. The van der Waals surface area contributed by atoms with Gasteiger partial charge in [0, 0.05) is 11.8 Å². The van der Waals surface area contributed by atoms with E-state index in [-0.39, 0.29) is 0 Å². The fraction of sp³-hybridized carbons (Fsp3) is 0.857. The van der Waals surface area contributed by atoms with Crippen molar-refractivity contribution in [2.75, 3.05) is 0 Å². The Morgan fingerprint density at radius 3 is 1.28 bits per heavy atom. The molecule has 0 atom stereocenters. The predicted molar refractivity (Wildman–Crippen MR) is 93.5 cm³/mol. The minimum absolute atomic E-state index is 0.681. The Kier molecular flexibility index (Phi) is 6.98. The summed E-state index contributed by atoms with van der Waals surface area (Å²) in [5, 5.41) is 0. The van der Waals surface area contributed by atoms with E-state index in [9.17, 15) is 0 Å². The van der Waals surface area contributed by atoms with Gasteiger partial charge >= 0.3 is 0 Å². The highest BCUT2D eigenvalue weighted by molar-refractivity contribution is 8.89. The van der Waals surface area contributed by atoms with Gasteiger partial charge in [-0.25, -0.2) is 0 Å². The molecule has 0 heterocycles. The molecule has 2 rings (SSSR count). The maximum atomic E-state index is 5.58. The monoisotopic (exact) mass is 318 g/mol. The first-order valence-corrected chi connectivity index (χ1v) is 10.2. The van der Waals surface area contributed by atoms with Crippen LogP contribution in [0, 0.1) is 11.8 Å². The maximum absolute atomic E-state index is 5.58. The molecule has 0 aromatic rings. The van der Waals surface area contributed by atoms with E-state index in [1.807, 2.05) is 0 Å². The second kappa shape index (κ2) is 8.23. The topological polar surface area (TPSA) is 0 Å². The minimum atomic E-state index is 0.681. The molecule has 0 bridgehead atoms. The van der Waals surface area contributed by atoms with Crippen LogP contribution in [0.25, 0.3) is 0 Å². The van der Waals surface area contributed by atoms with Gasteiger partial charge in [-0.3, -0.25) is 0 Å². The lowest BCUT2D eigenvalue weighted by Crippen LogP contribution is -2.14. The van der Waals surface area contributed by atoms with E-state index in [1.165, 1.54) is 72.6 Å². The van der Waals surface area contributed by atoms with Gasteiger partial charge in [-0.05, 0) is 47.3 Å². The molecule has 2 aliphatic rings. The van der Waals surface area contributed by atoms with E-state index in [0.717, 1.165) is 0 Å². The molecule has 0 aromatic carbocycles. The first kappa shape index (κ1) is 15.3. The van der Waals surface area contributed by atoms with Crippen molar-refractivity contribution in [3.63, 3.8) is 0 Å². The summed E-state index contributed by atoms with van der Waals surface area (Å²) >= 11 is 11.2. The molecular weight excluding hydrogens is 296 g/mol. The molecule has 0 amide bonds. The molecule has 18 heavy (non-hydrogen) atoms. The molecule has 0 aliphatic heterocycles. The van der Waals surface area contributed by atoms with Crippen LogP contribution in [-0.2, 0) is 0 Å². The van der Waals surface area contributed by atoms with Crippen LogP contribution >= 0.6 is 46.0 Å². The van der Waals surface area contributed by atoms with E-state index in [4.69, 9.17) is 24.4 Å². The fourth-order valence-corrected chi connectivity index (χ4v) is 6.20. The van der Waals surface area contributed by atoms with Gasteiger partial charge in [-0.2, -0.15) is 0 Å². The fourth-order valence-electron chi connectivity index (χ4n) is 2.89. The lowest BCUT2D eigenvalue weighted by Gasteiger charge is -2.24. The molecule has 102 valence electrons. The zero-order valence-electron chi connectivity index (χ0n) is 10.9. The second-order valence-electron chi connectivity index (χ2n) is 5.47. The SMILES string of the molecule is S=C(SSC(=S)C1CCCCC1)C1CCCCC1. The number of thiocarbonyl (C=S) groups is 2. The molecule has 0 nitrogen and oxygen atoms in total. The van der Waals surface area contributed by atoms with Crippen LogP contribution in [0.5, 0.6) is 0 Å². The van der Waals surface area contributed by atoms with Crippen molar-refractivity contribution in [2.24, 2.45) is 11.8 Å². The Balaban J connectivity index is 1.69. The van der Waals surface area contributed by atoms with Gasteiger partial charge in [0.25, 0.3) is 0 Å². The average molecular weight is 319 g/mol. The van der Waals surface area contributed by atoms with E-state index in [2.05, 4.69) is 0 Å². The summed E-state index contributed by atoms with van der Waals surface area (Å²) in [5.74, 6) is 1.36. The Morgan fingerprint density at radius 2 is 0.944 bits per heavy atom. The van der Waals surface area contributed by atoms with Crippen LogP contribution in [0.2, 0.25) is 0 Å². The standard InChI is InChI=1S/C14H22S4/c15-13(11-7-3-1-4-8-11)17-18-14(16)12-9-5-2-6-10-12/h11-12H,1-10H2. The molecule has 0 aromatic heterocycles. The van der Waals surface area contributed by atoms with Crippen LogP contribution in [-0.4, -0.2) is 8.39 Å². The second-order valence-corrected chi connectivity index (χ2v) is 9.08. The third kappa shape index (κ3) is 4.77. The smallest absolute Gasteiger partial charge is 0.0621 e. The summed E-state index contributed by atoms with van der Waals surface area (Å²) in [7, 11) is 3.58. The molecule has 0 N–H and O–H groups in total. The molecule has 4 heteroatoms. The van der Waals surface area contributed by atoms with Crippen LogP contribution in [0.15, 0.2) is 0 Å². The van der Waals surface area contributed by atoms with Gasteiger partial charge in [-0.15, -0.1) is 0 Å². The first-order chi connectivity index (χ1) is 8.77. The molecule has 0 radical (unpaired) electrons. The highest BCUT2D eigenvalue weighted by atomic mass is 33.1. The van der Waals surface area contributed by atoms with Crippen molar-refractivity contribution in [1.29, 1.82) is 0 Å². The third-order valence-electron chi connectivity index (χ3n) is 4.08. The number of hydrogen-bond donors (Lipinski definition) is 0. The van der Waals surface area contributed by atoms with Gasteiger partial charge in [0.1, 0.15) is 0 Å². The summed E-state index contributed by atoms with van der Waals surface area (Å²) in [6.07, 6.45) is 13.5. The van der Waals surface area contributed by atoms with Gasteiger partial charge < -0.3 is 0 Å². The normalized spacial score (nSPS) is 22.9. The molecular formula is C14H22S4. The van der Waals surface area contributed by atoms with E-state index >= 15 is 0 Å². The van der Waals surface area contributed by atoms with E-state index < -0.39 is 0 Å². The van der Waals surface area contributed by atoms with Crippen molar-refractivity contribution in [1.82, 2.24) is 0 Å². The van der Waals surface area contributed by atoms with Crippen molar-refractivity contribution < 1.29 is 0 Å². The summed E-state index contributed by atoms with van der Waals surface area (Å²) < 4.78 is 2.41. The largest absolute Gasteiger partial charge is 0.0762 e. The summed E-state index contributed by atoms with van der Waals surface area (Å²) in [5.41, 5.74) is 0. The van der Waals surface area contributed by atoms with Crippen molar-refractivity contribution in [3.8, 4) is 0 Å². The summed E-state index contributed by atoms with van der Waals surface area (Å²) in [6.45, 7) is 0. The molecule has 2 fully saturated rings. The molecule has 0 unspecified atom stereocenters. The maximum Gasteiger partial charge on any atom is 0.0621 e. The number of rotatable bonds is 2. The molecule has 0 spiro atoms. The lowest BCUT2D eigenvalue weighted by molar-refractivity contribution is 0.446. The Morgan fingerprint density at radius 1 is 0.611 bits per heavy atom. The first-order valence-electron chi connectivity index (χ1n) is 7.19. The minimum Gasteiger partial charge on any atom is -0.0762 e. The number of hydrogen-bond acceptors (Lipinski definition) is 4. The van der Waals surface area contributed by atoms with Gasteiger partial charge in [-0.1, -0.05) is 63.0 Å². The van der Waals surface area contributed by atoms with E-state index in [1.54, 1.807) is 21.6 Å². The van der Waals surface area contributed by atoms with Crippen LogP contribution in [0.3, 0.4) is 0 Å². The summed E-state index contributed by atoms with van der Waals surface area (Å²) in [4.78, 5) is 0. The lowest BCUT2D eigenvalue weighted by atomic mass is 9.91. The van der Waals surface area contributed by atoms with Crippen LogP contribution < -0.4 is 0 Å². The predicted octanol–water partition coefficient (Wildman–Crippen LogP) is 6.18. The van der Waals surface area contributed by atoms with Gasteiger partial charge in [0.2, 0.25) is 0 Å². The van der Waals surface area contributed by atoms with Crippen molar-refractivity contribution in [3.05, 3.63) is 0 Å². The van der Waals surface area contributed by atoms with E-state index in [0.29, 0.717) is 11.8 Å². The van der Waals surface area contributed by atoms with Crippen molar-refractivity contribution >= 4 is 54.4 Å².